The molecule has 0 spiro atoms. The highest BCUT2D eigenvalue weighted by molar-refractivity contribution is 6.27. The largest absolute Gasteiger partial charge is 0.380 e. The van der Waals surface area contributed by atoms with Crippen molar-refractivity contribution >= 4 is 17.5 Å². The van der Waals surface area contributed by atoms with Crippen LogP contribution in [0.1, 0.15) is 26.7 Å². The predicted molar refractivity (Wildman–Crippen MR) is 102 cm³/mol. The molecule has 1 heterocycles. The topological polar surface area (TPSA) is 40.5 Å². The number of alkyl halides is 1. The van der Waals surface area contributed by atoms with E-state index in [4.69, 9.17) is 11.6 Å². The molecule has 1 N–H and O–H groups in total. The fraction of sp³-hybridized carbons (Fsp3) is 0.450. The molecular weight excluding hydrogens is 322 g/mol. The Kier molecular flexibility index (Phi) is 8.23. The lowest BCUT2D eigenvalue weighted by Crippen LogP contribution is -2.48. The summed E-state index contributed by atoms with van der Waals surface area (Å²) in [7, 11) is 0. The van der Waals surface area contributed by atoms with Crippen LogP contribution in [0.5, 0.6) is 0 Å². The molecule has 0 aromatic rings. The van der Waals surface area contributed by atoms with Gasteiger partial charge in [-0.2, -0.15) is 0 Å². The minimum atomic E-state index is -1.16. The van der Waals surface area contributed by atoms with Crippen molar-refractivity contribution in [3.63, 3.8) is 0 Å². The van der Waals surface area contributed by atoms with Crippen molar-refractivity contribution in [2.75, 3.05) is 19.0 Å². The van der Waals surface area contributed by atoms with Crippen molar-refractivity contribution in [3.05, 3.63) is 60.8 Å². The highest BCUT2D eigenvalue weighted by Crippen LogP contribution is 2.40. The second-order valence-electron chi connectivity index (χ2n) is 5.86. The quantitative estimate of drug-likeness (QED) is 0.557. The van der Waals surface area contributed by atoms with Gasteiger partial charge in [-0.25, -0.2) is 0 Å². The van der Waals surface area contributed by atoms with E-state index in [9.17, 15) is 9.90 Å². The summed E-state index contributed by atoms with van der Waals surface area (Å²) in [6, 6.07) is 0. The van der Waals surface area contributed by atoms with Crippen molar-refractivity contribution in [2.24, 2.45) is 5.92 Å². The average Bonchev–Trinajstić information content (AvgIpc) is 2.62. The highest BCUT2D eigenvalue weighted by atomic mass is 35.5. The summed E-state index contributed by atoms with van der Waals surface area (Å²) < 4.78 is 0. The molecule has 0 radical (unpaired) electrons. The van der Waals surface area contributed by atoms with Gasteiger partial charge in [-0.15, -0.1) is 11.6 Å². The van der Waals surface area contributed by atoms with Crippen molar-refractivity contribution in [1.29, 1.82) is 0 Å². The number of nitrogens with zero attached hydrogens (tertiary/aromatic N) is 1. The third kappa shape index (κ3) is 4.28. The van der Waals surface area contributed by atoms with Gasteiger partial charge in [0.2, 0.25) is 5.91 Å². The van der Waals surface area contributed by atoms with E-state index >= 15 is 0 Å². The minimum absolute atomic E-state index is 0.000804. The molecule has 0 saturated carbocycles. The first kappa shape index (κ1) is 20.5. The molecule has 0 aliphatic carbocycles. The average molecular weight is 350 g/mol. The summed E-state index contributed by atoms with van der Waals surface area (Å²) in [5.41, 5.74) is 0.351. The number of allylic oxidation sites excluding steroid dienone is 4. The number of hydrogen-bond acceptors (Lipinski definition) is 2. The molecule has 0 aromatic carbocycles. The van der Waals surface area contributed by atoms with Gasteiger partial charge in [0.05, 0.1) is 0 Å². The molecule has 0 bridgehead atoms. The summed E-state index contributed by atoms with van der Waals surface area (Å²) in [4.78, 5) is 13.5. The standard InChI is InChI=1S/C20H28ClNO2/c1-5-9-10-17(8-4)20(24,16(6-2)7-3)18-11-13-22(14-12-18)19(23)15-21/h5-10,18,24H,2,4,11-15H2,1,3H3/b9-5-,16-7+,17-10+. The zero-order valence-corrected chi connectivity index (χ0v) is 15.4. The van der Waals surface area contributed by atoms with Crippen LogP contribution >= 0.6 is 11.6 Å². The zero-order chi connectivity index (χ0) is 18.2. The molecule has 1 saturated heterocycles. The monoisotopic (exact) mass is 349 g/mol. The Bertz CT molecular complexity index is 554. The number of hydrogen-bond donors (Lipinski definition) is 1. The number of halogens is 1. The Balaban J connectivity index is 3.19. The third-order valence-corrected chi connectivity index (χ3v) is 4.88. The first-order chi connectivity index (χ1) is 11.5. The van der Waals surface area contributed by atoms with Gasteiger partial charge in [0, 0.05) is 13.1 Å². The van der Waals surface area contributed by atoms with Crippen LogP contribution < -0.4 is 0 Å². The third-order valence-electron chi connectivity index (χ3n) is 4.65. The number of aliphatic hydroxyl groups is 1. The van der Waals surface area contributed by atoms with E-state index in [-0.39, 0.29) is 17.7 Å². The smallest absolute Gasteiger partial charge is 0.237 e. The van der Waals surface area contributed by atoms with E-state index in [1.54, 1.807) is 17.1 Å². The SMILES string of the molecule is C=C/C(=C\C)C(O)(/C(C=C)=C/C=C\C)C1CCN(C(=O)CCl)CC1. The Morgan fingerprint density at radius 3 is 2.25 bits per heavy atom. The van der Waals surface area contributed by atoms with Gasteiger partial charge >= 0.3 is 0 Å². The van der Waals surface area contributed by atoms with Crippen LogP contribution in [-0.2, 0) is 4.79 Å². The number of rotatable bonds is 7. The lowest BCUT2D eigenvalue weighted by molar-refractivity contribution is -0.130. The maximum atomic E-state index is 11.8. The van der Waals surface area contributed by atoms with Gasteiger partial charge in [0.15, 0.2) is 0 Å². The van der Waals surface area contributed by atoms with Gasteiger partial charge in [0.1, 0.15) is 11.5 Å². The molecular formula is C20H28ClNO2. The van der Waals surface area contributed by atoms with Gasteiger partial charge in [-0.3, -0.25) is 4.79 Å². The Morgan fingerprint density at radius 1 is 1.25 bits per heavy atom. The summed E-state index contributed by atoms with van der Waals surface area (Å²) in [6.07, 6.45) is 12.4. The molecule has 1 atom stereocenters. The predicted octanol–water partition coefficient (Wildman–Crippen LogP) is 4.02. The fourth-order valence-corrected chi connectivity index (χ4v) is 3.48. The first-order valence-electron chi connectivity index (χ1n) is 8.30. The van der Waals surface area contributed by atoms with Crippen molar-refractivity contribution in [1.82, 2.24) is 4.90 Å². The fourth-order valence-electron chi connectivity index (χ4n) is 3.31. The van der Waals surface area contributed by atoms with Crippen LogP contribution in [0, 0.1) is 5.92 Å². The number of piperidine rings is 1. The summed E-state index contributed by atoms with van der Waals surface area (Å²) in [6.45, 7) is 12.7. The van der Waals surface area contributed by atoms with Crippen molar-refractivity contribution in [2.45, 2.75) is 32.3 Å². The molecule has 1 unspecified atom stereocenters. The molecule has 3 nitrogen and oxygen atoms in total. The van der Waals surface area contributed by atoms with Crippen LogP contribution in [-0.4, -0.2) is 40.5 Å². The zero-order valence-electron chi connectivity index (χ0n) is 14.7. The van der Waals surface area contributed by atoms with E-state index in [2.05, 4.69) is 13.2 Å². The number of likely N-dealkylation sites (tertiary alicyclic amines) is 1. The van der Waals surface area contributed by atoms with Gasteiger partial charge in [0.25, 0.3) is 0 Å². The molecule has 1 amide bonds. The number of amides is 1. The van der Waals surface area contributed by atoms with Crippen molar-refractivity contribution in [3.8, 4) is 0 Å². The van der Waals surface area contributed by atoms with E-state index < -0.39 is 5.60 Å². The van der Waals surface area contributed by atoms with E-state index in [0.717, 1.165) is 11.1 Å². The lowest BCUT2D eigenvalue weighted by atomic mass is 9.71. The van der Waals surface area contributed by atoms with Crippen LogP contribution in [0.25, 0.3) is 0 Å². The van der Waals surface area contributed by atoms with E-state index in [1.165, 1.54) is 0 Å². The lowest BCUT2D eigenvalue weighted by Gasteiger charge is -2.43. The Labute approximate surface area is 150 Å². The number of carbonyl (C=O) groups excluding carboxylic acids is 1. The highest BCUT2D eigenvalue weighted by Gasteiger charge is 2.42. The maximum absolute atomic E-state index is 11.8. The first-order valence-corrected chi connectivity index (χ1v) is 8.84. The van der Waals surface area contributed by atoms with Crippen LogP contribution in [0.2, 0.25) is 0 Å². The van der Waals surface area contributed by atoms with Crippen LogP contribution in [0.4, 0.5) is 0 Å². The van der Waals surface area contributed by atoms with Gasteiger partial charge in [-0.05, 0) is 43.8 Å². The second-order valence-corrected chi connectivity index (χ2v) is 6.12. The molecule has 1 aliphatic heterocycles. The maximum Gasteiger partial charge on any atom is 0.237 e. The van der Waals surface area contributed by atoms with Crippen molar-refractivity contribution < 1.29 is 9.90 Å². The van der Waals surface area contributed by atoms with E-state index in [0.29, 0.717) is 25.9 Å². The Morgan fingerprint density at radius 2 is 1.83 bits per heavy atom. The molecule has 132 valence electrons. The molecule has 0 aromatic heterocycles. The van der Waals surface area contributed by atoms with E-state index in [1.807, 2.05) is 38.2 Å². The Hall–Kier alpha value is -1.58. The summed E-state index contributed by atoms with van der Waals surface area (Å²) in [5.74, 6) is -0.0708. The molecule has 1 rings (SSSR count). The minimum Gasteiger partial charge on any atom is -0.380 e. The second kappa shape index (κ2) is 9.65. The molecule has 24 heavy (non-hydrogen) atoms. The van der Waals surface area contributed by atoms with Gasteiger partial charge < -0.3 is 10.0 Å². The molecule has 1 aliphatic rings. The molecule has 1 fully saturated rings. The van der Waals surface area contributed by atoms with Crippen LogP contribution in [0.3, 0.4) is 0 Å². The van der Waals surface area contributed by atoms with Gasteiger partial charge in [-0.1, -0.05) is 49.6 Å². The molecule has 4 heteroatoms. The number of carbonyl (C=O) groups is 1. The summed E-state index contributed by atoms with van der Waals surface area (Å²) in [5, 5.41) is 11.6. The normalized spacial score (nSPS) is 20.1. The van der Waals surface area contributed by atoms with Crippen LogP contribution in [0.15, 0.2) is 60.8 Å². The summed E-state index contributed by atoms with van der Waals surface area (Å²) >= 11 is 5.64.